The molecule has 2 nitrogen and oxygen atoms in total. The van der Waals surface area contributed by atoms with Crippen molar-refractivity contribution in [3.8, 4) is 0 Å². The Labute approximate surface area is 165 Å². The third-order valence-electron chi connectivity index (χ3n) is 5.29. The van der Waals surface area contributed by atoms with Crippen LogP contribution >= 0.6 is 18.9 Å². The van der Waals surface area contributed by atoms with Crippen molar-refractivity contribution in [3.63, 3.8) is 0 Å². The maximum atomic E-state index is 13.0. The van der Waals surface area contributed by atoms with Crippen LogP contribution in [0.3, 0.4) is 0 Å². The van der Waals surface area contributed by atoms with Gasteiger partial charge in [-0.2, -0.15) is 0 Å². The molecule has 0 saturated heterocycles. The second-order valence-electron chi connectivity index (χ2n) is 6.76. The van der Waals surface area contributed by atoms with Gasteiger partial charge >= 0.3 is 0 Å². The molecule has 1 N–H and O–H groups in total. The summed E-state index contributed by atoms with van der Waals surface area (Å²) in [5, 5.41) is 3.83. The van der Waals surface area contributed by atoms with Crippen molar-refractivity contribution in [1.82, 2.24) is 0 Å². The Morgan fingerprint density at radius 3 is 2.14 bits per heavy atom. The van der Waals surface area contributed by atoms with Gasteiger partial charge in [-0.1, -0.05) is 11.6 Å². The third-order valence-corrected chi connectivity index (χ3v) is 10.1. The summed E-state index contributed by atoms with van der Waals surface area (Å²) in [7, 11) is -1.23. The van der Waals surface area contributed by atoms with Crippen LogP contribution in [0.15, 0.2) is 12.1 Å². The van der Waals surface area contributed by atoms with Crippen LogP contribution < -0.4 is 5.32 Å². The molecule has 1 aromatic rings. The van der Waals surface area contributed by atoms with Crippen LogP contribution in [0.4, 0.5) is 5.69 Å². The van der Waals surface area contributed by atoms with Crippen LogP contribution in [0.1, 0.15) is 37.3 Å². The van der Waals surface area contributed by atoms with Gasteiger partial charge in [0, 0.05) is 64.0 Å². The Hall–Kier alpha value is 0.514. The summed E-state index contributed by atoms with van der Waals surface area (Å²) in [6.45, 7) is 10.9. The fraction of sp³-hybridized carbons (Fsp3) is 0.588. The van der Waals surface area contributed by atoms with E-state index in [4.69, 9.17) is 11.6 Å². The maximum Gasteiger partial charge on any atom is 0.268 e. The van der Waals surface area contributed by atoms with Gasteiger partial charge in [0.1, 0.15) is 0 Å². The van der Waals surface area contributed by atoms with Gasteiger partial charge in [0.25, 0.3) is 5.91 Å². The summed E-state index contributed by atoms with van der Waals surface area (Å²) in [5.74, 6) is 0.224. The minimum Gasteiger partial charge on any atom is -0.322 e. The summed E-state index contributed by atoms with van der Waals surface area (Å²) in [6.07, 6.45) is 4.38. The average Bonchev–Trinajstić information content (AvgIpc) is 2.31. The SMILES string of the molecule is CC[P+](C)(C)C1(C(=O)Nc2c(C)cc(Cl)cc2C)CCC1.[Y]. The van der Waals surface area contributed by atoms with Gasteiger partial charge in [0.15, 0.2) is 5.16 Å². The molecule has 1 aromatic carbocycles. The van der Waals surface area contributed by atoms with Gasteiger partial charge < -0.3 is 5.32 Å². The second-order valence-corrected chi connectivity index (χ2v) is 12.1. The molecule has 0 spiro atoms. The van der Waals surface area contributed by atoms with Gasteiger partial charge in [0.05, 0.1) is 6.16 Å². The zero-order valence-electron chi connectivity index (χ0n) is 14.3. The molecule has 1 amide bonds. The number of rotatable bonds is 4. The van der Waals surface area contributed by atoms with Crippen molar-refractivity contribution in [3.05, 3.63) is 28.3 Å². The standard InChI is InChI=1S/C17H25ClNOP.Y/c1-6-21(4,5)17(8-7-9-17)16(20)19-15-12(2)10-14(18)11-13(15)3;/h10-11H,6-9H2,1-5H3;/p+1. The Balaban J connectivity index is 0.00000242. The summed E-state index contributed by atoms with van der Waals surface area (Å²) in [5.41, 5.74) is 3.01. The molecular weight excluding hydrogens is 390 g/mol. The molecule has 1 aliphatic carbocycles. The Kier molecular flexibility index (Phi) is 7.10. The monoisotopic (exact) mass is 415 g/mol. The molecule has 0 bridgehead atoms. The summed E-state index contributed by atoms with van der Waals surface area (Å²) in [6, 6.07) is 3.83. The maximum absolute atomic E-state index is 13.0. The molecule has 1 saturated carbocycles. The molecule has 119 valence electrons. The van der Waals surface area contributed by atoms with Crippen LogP contribution in [0.2, 0.25) is 5.02 Å². The minimum absolute atomic E-state index is 0. The zero-order chi connectivity index (χ0) is 15.8. The Morgan fingerprint density at radius 2 is 1.77 bits per heavy atom. The third kappa shape index (κ3) is 3.61. The van der Waals surface area contributed by atoms with Crippen LogP contribution in [-0.4, -0.2) is 30.6 Å². The van der Waals surface area contributed by atoms with Crippen molar-refractivity contribution in [2.75, 3.05) is 24.8 Å². The number of anilines is 1. The normalized spacial score (nSPS) is 16.5. The summed E-state index contributed by atoms with van der Waals surface area (Å²) < 4.78 is 0. The summed E-state index contributed by atoms with van der Waals surface area (Å²) in [4.78, 5) is 13.0. The van der Waals surface area contributed by atoms with E-state index in [1.165, 1.54) is 6.42 Å². The number of halogens is 1. The number of aryl methyl sites for hydroxylation is 2. The van der Waals surface area contributed by atoms with Crippen LogP contribution in [-0.2, 0) is 37.5 Å². The Bertz CT molecular complexity index is 547. The molecule has 0 aliphatic heterocycles. The van der Waals surface area contributed by atoms with E-state index >= 15 is 0 Å². The van der Waals surface area contributed by atoms with E-state index < -0.39 is 7.26 Å². The van der Waals surface area contributed by atoms with E-state index in [0.29, 0.717) is 0 Å². The fourth-order valence-electron chi connectivity index (χ4n) is 3.26. The zero-order valence-corrected chi connectivity index (χ0v) is 18.8. The number of benzene rings is 1. The molecule has 1 fully saturated rings. The topological polar surface area (TPSA) is 29.1 Å². The Morgan fingerprint density at radius 1 is 1.27 bits per heavy atom. The molecule has 5 heteroatoms. The first kappa shape index (κ1) is 20.6. The molecule has 1 aliphatic rings. The van der Waals surface area contributed by atoms with E-state index in [1.54, 1.807) is 0 Å². The van der Waals surface area contributed by atoms with Crippen molar-refractivity contribution in [2.45, 2.75) is 45.2 Å². The smallest absolute Gasteiger partial charge is 0.268 e. The molecule has 0 heterocycles. The van der Waals surface area contributed by atoms with E-state index in [1.807, 2.05) is 26.0 Å². The molecule has 0 aromatic heterocycles. The van der Waals surface area contributed by atoms with E-state index in [9.17, 15) is 4.79 Å². The molecule has 22 heavy (non-hydrogen) atoms. The number of carbonyl (C=O) groups is 1. The molecule has 0 atom stereocenters. The molecule has 1 radical (unpaired) electrons. The minimum atomic E-state index is -1.23. The molecule has 0 unspecified atom stereocenters. The van der Waals surface area contributed by atoms with Gasteiger partial charge in [-0.3, -0.25) is 4.79 Å². The van der Waals surface area contributed by atoms with Gasteiger partial charge in [-0.05, 0) is 63.3 Å². The van der Waals surface area contributed by atoms with Crippen LogP contribution in [0.5, 0.6) is 0 Å². The van der Waals surface area contributed by atoms with E-state index in [0.717, 1.165) is 40.8 Å². The van der Waals surface area contributed by atoms with Crippen molar-refractivity contribution < 1.29 is 37.5 Å². The van der Waals surface area contributed by atoms with Gasteiger partial charge in [0.2, 0.25) is 0 Å². The largest absolute Gasteiger partial charge is 0.322 e. The van der Waals surface area contributed by atoms with Gasteiger partial charge in [-0.15, -0.1) is 0 Å². The molecule has 2 rings (SSSR count). The second kappa shape index (κ2) is 7.60. The first-order valence-electron chi connectivity index (χ1n) is 7.65. The van der Waals surface area contributed by atoms with E-state index in [2.05, 4.69) is 25.6 Å². The summed E-state index contributed by atoms with van der Waals surface area (Å²) >= 11 is 6.07. The first-order valence-corrected chi connectivity index (χ1v) is 10.9. The van der Waals surface area contributed by atoms with Crippen molar-refractivity contribution >= 4 is 30.5 Å². The number of hydrogen-bond acceptors (Lipinski definition) is 1. The van der Waals surface area contributed by atoms with E-state index in [-0.39, 0.29) is 43.8 Å². The number of amides is 1. The predicted octanol–water partition coefficient (Wildman–Crippen LogP) is 5.11. The number of nitrogens with one attached hydrogen (secondary N) is 1. The quantitative estimate of drug-likeness (QED) is 0.680. The van der Waals surface area contributed by atoms with Gasteiger partial charge in [-0.25, -0.2) is 0 Å². The predicted molar refractivity (Wildman–Crippen MR) is 95.4 cm³/mol. The average molecular weight is 416 g/mol. The first-order chi connectivity index (χ1) is 9.73. The van der Waals surface area contributed by atoms with Crippen molar-refractivity contribution in [1.29, 1.82) is 0 Å². The number of carbonyl (C=O) groups excluding carboxylic acids is 1. The number of hydrogen-bond donors (Lipinski definition) is 1. The van der Waals surface area contributed by atoms with Crippen molar-refractivity contribution in [2.24, 2.45) is 0 Å². The molecular formula is C17H26ClNOPY+. The fourth-order valence-corrected chi connectivity index (χ4v) is 6.32. The van der Waals surface area contributed by atoms with Crippen LogP contribution in [0, 0.1) is 13.8 Å². The van der Waals surface area contributed by atoms with Crippen LogP contribution in [0.25, 0.3) is 0 Å².